The number of rotatable bonds is 38. The smallest absolute Gasteiger partial charge is 0.462 e. The van der Waals surface area contributed by atoms with E-state index < -0.39 is 32.5 Å². The van der Waals surface area contributed by atoms with Crippen molar-refractivity contribution in [1.29, 1.82) is 0 Å². The van der Waals surface area contributed by atoms with Gasteiger partial charge in [0, 0.05) is 12.8 Å². The summed E-state index contributed by atoms with van der Waals surface area (Å²) >= 11 is 0. The van der Waals surface area contributed by atoms with Crippen LogP contribution in [-0.4, -0.2) is 41.0 Å². The first-order valence-electron chi connectivity index (χ1n) is 21.1. The quantitative estimate of drug-likeness (QED) is 0.0276. The van der Waals surface area contributed by atoms with Gasteiger partial charge in [-0.25, -0.2) is 4.57 Å². The molecular formula is C44H77O8P. The van der Waals surface area contributed by atoms with Crippen LogP contribution >= 0.6 is 7.82 Å². The molecule has 306 valence electrons. The van der Waals surface area contributed by atoms with Crippen LogP contribution in [0.15, 0.2) is 60.8 Å². The van der Waals surface area contributed by atoms with Crippen molar-refractivity contribution in [3.05, 3.63) is 60.8 Å². The second kappa shape index (κ2) is 39.4. The van der Waals surface area contributed by atoms with E-state index in [-0.39, 0.29) is 19.4 Å². The minimum absolute atomic E-state index is 0.172. The molecule has 0 heterocycles. The average molecular weight is 765 g/mol. The summed E-state index contributed by atoms with van der Waals surface area (Å²) < 4.78 is 26.4. The minimum atomic E-state index is -4.76. The molecule has 1 unspecified atom stereocenters. The molecule has 9 heteroatoms. The zero-order chi connectivity index (χ0) is 38.9. The van der Waals surface area contributed by atoms with Gasteiger partial charge < -0.3 is 19.3 Å². The highest BCUT2D eigenvalue weighted by Gasteiger charge is 2.22. The van der Waals surface area contributed by atoms with E-state index in [0.717, 1.165) is 70.6 Å². The lowest BCUT2D eigenvalue weighted by Gasteiger charge is -2.18. The highest BCUT2D eigenvalue weighted by Crippen LogP contribution is 2.36. The molecule has 0 aromatic rings. The molecule has 0 saturated heterocycles. The number of hydrogen-bond donors (Lipinski definition) is 2. The molecule has 0 saturated carbocycles. The van der Waals surface area contributed by atoms with E-state index in [0.29, 0.717) is 6.42 Å². The first-order chi connectivity index (χ1) is 25.8. The first kappa shape index (κ1) is 50.8. The molecular weight excluding hydrogens is 687 g/mol. The predicted octanol–water partition coefficient (Wildman–Crippen LogP) is 12.9. The minimum Gasteiger partial charge on any atom is -0.462 e. The van der Waals surface area contributed by atoms with Gasteiger partial charge in [0.1, 0.15) is 6.61 Å². The van der Waals surface area contributed by atoms with Crippen molar-refractivity contribution in [2.75, 3.05) is 13.2 Å². The Morgan fingerprint density at radius 2 is 0.906 bits per heavy atom. The van der Waals surface area contributed by atoms with Gasteiger partial charge in [-0.1, -0.05) is 177 Å². The van der Waals surface area contributed by atoms with Crippen molar-refractivity contribution < 1.29 is 37.9 Å². The number of ether oxygens (including phenoxy) is 2. The maximum Gasteiger partial charge on any atom is 0.469 e. The standard InChI is InChI=1S/C44H77O8P/c1-3-5-7-9-11-13-15-17-19-21-22-23-25-27-29-31-33-35-37-39-44(46)52-42(41-51-53(47,48)49)40-50-43(45)38-36-34-32-30-28-26-24-20-18-16-14-12-10-8-6-4-2/h5,7,11,13,17,19,22-23,27,29,42H,3-4,6,8-10,12,14-16,18,20-21,24-26,28,30-41H2,1-2H3,(H2,47,48,49)/b7-5-,13-11-,19-17-,23-22-,29-27-. The Morgan fingerprint density at radius 3 is 1.36 bits per heavy atom. The van der Waals surface area contributed by atoms with E-state index in [9.17, 15) is 14.2 Å². The zero-order valence-corrected chi connectivity index (χ0v) is 34.5. The van der Waals surface area contributed by atoms with Crippen molar-refractivity contribution >= 4 is 19.8 Å². The van der Waals surface area contributed by atoms with Crippen LogP contribution in [0.25, 0.3) is 0 Å². The summed E-state index contributed by atoms with van der Waals surface area (Å²) in [6.07, 6.45) is 49.4. The second-order valence-electron chi connectivity index (χ2n) is 13.9. The lowest BCUT2D eigenvalue weighted by atomic mass is 10.0. The Bertz CT molecular complexity index is 1040. The number of phosphoric acid groups is 1. The number of unbranched alkanes of at least 4 members (excludes halogenated alkanes) is 18. The molecule has 0 aromatic carbocycles. The molecule has 0 aromatic heterocycles. The van der Waals surface area contributed by atoms with E-state index in [1.54, 1.807) is 0 Å². The lowest BCUT2D eigenvalue weighted by molar-refractivity contribution is -0.161. The largest absolute Gasteiger partial charge is 0.469 e. The van der Waals surface area contributed by atoms with E-state index in [2.05, 4.69) is 79.1 Å². The molecule has 0 aliphatic heterocycles. The Hall–Kier alpha value is -2.25. The third-order valence-electron chi connectivity index (χ3n) is 8.80. The Balaban J connectivity index is 3.99. The number of hydrogen-bond acceptors (Lipinski definition) is 6. The van der Waals surface area contributed by atoms with E-state index in [1.165, 1.54) is 83.5 Å². The van der Waals surface area contributed by atoms with E-state index >= 15 is 0 Å². The maximum absolute atomic E-state index is 12.4. The molecule has 0 aliphatic carbocycles. The summed E-state index contributed by atoms with van der Waals surface area (Å²) in [6.45, 7) is 3.55. The summed E-state index contributed by atoms with van der Waals surface area (Å²) in [5, 5.41) is 0. The number of esters is 2. The Morgan fingerprint density at radius 1 is 0.509 bits per heavy atom. The molecule has 0 aliphatic rings. The first-order valence-corrected chi connectivity index (χ1v) is 22.6. The monoisotopic (exact) mass is 765 g/mol. The molecule has 8 nitrogen and oxygen atoms in total. The fourth-order valence-electron chi connectivity index (χ4n) is 5.69. The summed E-state index contributed by atoms with van der Waals surface area (Å²) in [5.74, 6) is -0.921. The number of carbonyl (C=O) groups excluding carboxylic acids is 2. The molecule has 1 atom stereocenters. The van der Waals surface area contributed by atoms with Crippen molar-refractivity contribution in [3.63, 3.8) is 0 Å². The van der Waals surface area contributed by atoms with Crippen LogP contribution < -0.4 is 0 Å². The van der Waals surface area contributed by atoms with Crippen LogP contribution in [0.1, 0.15) is 187 Å². The van der Waals surface area contributed by atoms with Gasteiger partial charge in [0.2, 0.25) is 0 Å². The predicted molar refractivity (Wildman–Crippen MR) is 221 cm³/mol. The second-order valence-corrected chi connectivity index (χ2v) is 15.2. The SMILES string of the molecule is CC/C=C\C/C=C\C/C=C\C/C=C\C/C=C\CCCCCC(=O)OC(COC(=O)CCCCCCCCCCCCCCCCCC)COP(=O)(O)O. The molecule has 0 bridgehead atoms. The van der Waals surface area contributed by atoms with Crippen LogP contribution in [-0.2, 0) is 28.2 Å². The van der Waals surface area contributed by atoms with Crippen LogP contribution in [0.4, 0.5) is 0 Å². The molecule has 0 fully saturated rings. The van der Waals surface area contributed by atoms with Gasteiger partial charge in [0.15, 0.2) is 6.10 Å². The van der Waals surface area contributed by atoms with Gasteiger partial charge >= 0.3 is 19.8 Å². The molecule has 0 rings (SSSR count). The summed E-state index contributed by atoms with van der Waals surface area (Å²) in [7, 11) is -4.76. The van der Waals surface area contributed by atoms with Gasteiger partial charge in [0.05, 0.1) is 6.61 Å². The van der Waals surface area contributed by atoms with Crippen LogP contribution in [0, 0.1) is 0 Å². The van der Waals surface area contributed by atoms with Crippen molar-refractivity contribution in [2.45, 2.75) is 193 Å². The molecule has 0 radical (unpaired) electrons. The van der Waals surface area contributed by atoms with Gasteiger partial charge in [0.25, 0.3) is 0 Å². The average Bonchev–Trinajstić information content (AvgIpc) is 3.13. The number of carbonyl (C=O) groups is 2. The Kier molecular flexibility index (Phi) is 37.8. The fourth-order valence-corrected chi connectivity index (χ4v) is 6.05. The van der Waals surface area contributed by atoms with E-state index in [1.807, 2.05) is 0 Å². The van der Waals surface area contributed by atoms with Crippen LogP contribution in [0.2, 0.25) is 0 Å². The number of allylic oxidation sites excluding steroid dienone is 10. The molecule has 0 spiro atoms. The highest BCUT2D eigenvalue weighted by molar-refractivity contribution is 7.46. The zero-order valence-electron chi connectivity index (χ0n) is 33.6. The Labute approximate surface area is 324 Å². The van der Waals surface area contributed by atoms with Crippen LogP contribution in [0.3, 0.4) is 0 Å². The molecule has 53 heavy (non-hydrogen) atoms. The molecule has 2 N–H and O–H groups in total. The summed E-state index contributed by atoms with van der Waals surface area (Å²) in [4.78, 5) is 42.8. The van der Waals surface area contributed by atoms with Crippen molar-refractivity contribution in [1.82, 2.24) is 0 Å². The maximum atomic E-state index is 12.4. The number of phosphoric ester groups is 1. The van der Waals surface area contributed by atoms with Crippen molar-refractivity contribution in [3.8, 4) is 0 Å². The fraction of sp³-hybridized carbons (Fsp3) is 0.727. The lowest BCUT2D eigenvalue weighted by Crippen LogP contribution is -2.29. The third-order valence-corrected chi connectivity index (χ3v) is 9.29. The van der Waals surface area contributed by atoms with Crippen molar-refractivity contribution in [2.24, 2.45) is 0 Å². The van der Waals surface area contributed by atoms with Gasteiger partial charge in [-0.2, -0.15) is 0 Å². The summed E-state index contributed by atoms with van der Waals surface area (Å²) in [6, 6.07) is 0. The summed E-state index contributed by atoms with van der Waals surface area (Å²) in [5.41, 5.74) is 0. The van der Waals surface area contributed by atoms with E-state index in [4.69, 9.17) is 19.3 Å². The third kappa shape index (κ3) is 42.4. The topological polar surface area (TPSA) is 119 Å². The van der Waals surface area contributed by atoms with Gasteiger partial charge in [-0.05, 0) is 57.8 Å². The molecule has 0 amide bonds. The van der Waals surface area contributed by atoms with Gasteiger partial charge in [-0.3, -0.25) is 14.1 Å². The van der Waals surface area contributed by atoms with Gasteiger partial charge in [-0.15, -0.1) is 0 Å². The normalized spacial score (nSPS) is 13.1. The van der Waals surface area contributed by atoms with Crippen LogP contribution in [0.5, 0.6) is 0 Å². The highest BCUT2D eigenvalue weighted by atomic mass is 31.2.